The summed E-state index contributed by atoms with van der Waals surface area (Å²) in [6, 6.07) is 12.6. The molecule has 0 bridgehead atoms. The lowest BCUT2D eigenvalue weighted by Gasteiger charge is -2.10. The van der Waals surface area contributed by atoms with Gasteiger partial charge in [-0.1, -0.05) is 6.07 Å². The molecule has 0 aliphatic heterocycles. The first-order chi connectivity index (χ1) is 15.2. The van der Waals surface area contributed by atoms with Crippen LogP contribution in [0.15, 0.2) is 65.5 Å². The van der Waals surface area contributed by atoms with E-state index in [1.807, 2.05) is 18.2 Å². The Morgan fingerprint density at radius 2 is 2.00 bits per heavy atom. The summed E-state index contributed by atoms with van der Waals surface area (Å²) in [7, 11) is 3.12. The summed E-state index contributed by atoms with van der Waals surface area (Å²) in [6.45, 7) is 0.363. The van der Waals surface area contributed by atoms with Gasteiger partial charge in [-0.05, 0) is 42.0 Å². The van der Waals surface area contributed by atoms with Gasteiger partial charge in [-0.15, -0.1) is 5.10 Å². The lowest BCUT2D eigenvalue weighted by molar-refractivity contribution is 0.0901. The van der Waals surface area contributed by atoms with Crippen LogP contribution in [0.25, 0.3) is 11.4 Å². The summed E-state index contributed by atoms with van der Waals surface area (Å²) in [4.78, 5) is 21.7. The van der Waals surface area contributed by atoms with Crippen molar-refractivity contribution in [2.75, 3.05) is 19.5 Å². The Morgan fingerprint density at radius 1 is 1.13 bits per heavy atom. The minimum Gasteiger partial charge on any atom is -0.493 e. The van der Waals surface area contributed by atoms with Crippen molar-refractivity contribution >= 4 is 11.9 Å². The normalized spacial score (nSPS) is 10.6. The van der Waals surface area contributed by atoms with Gasteiger partial charge >= 0.3 is 0 Å². The fourth-order valence-electron chi connectivity index (χ4n) is 3.04. The molecule has 0 spiro atoms. The van der Waals surface area contributed by atoms with E-state index >= 15 is 0 Å². The molecule has 31 heavy (non-hydrogen) atoms. The molecule has 9 nitrogen and oxygen atoms in total. The number of nitrogens with zero attached hydrogens (tertiary/aromatic N) is 4. The average Bonchev–Trinajstić information content (AvgIpc) is 3.48. The number of pyridine rings is 1. The highest BCUT2D eigenvalue weighted by molar-refractivity contribution is 5.83. The molecule has 1 N–H and O–H groups in total. The molecular weight excluding hydrogens is 398 g/mol. The fraction of sp³-hybridized carbons (Fsp3) is 0.182. The van der Waals surface area contributed by atoms with Gasteiger partial charge in [0.25, 0.3) is 5.91 Å². The summed E-state index contributed by atoms with van der Waals surface area (Å²) in [5.41, 5.74) is 1.47. The summed E-state index contributed by atoms with van der Waals surface area (Å²) >= 11 is 0. The molecule has 9 heteroatoms. The smallest absolute Gasteiger partial charge is 0.254 e. The number of aromatic nitrogens is 4. The van der Waals surface area contributed by atoms with E-state index in [0.29, 0.717) is 41.1 Å². The van der Waals surface area contributed by atoms with E-state index in [9.17, 15) is 4.79 Å². The Balaban J connectivity index is 1.61. The van der Waals surface area contributed by atoms with Gasteiger partial charge in [0.1, 0.15) is 5.76 Å². The van der Waals surface area contributed by atoms with Gasteiger partial charge in [-0.3, -0.25) is 9.78 Å². The number of methoxy groups -OCH3 is 2. The Labute approximate surface area is 178 Å². The molecule has 0 fully saturated rings. The van der Waals surface area contributed by atoms with Crippen LogP contribution in [0.3, 0.4) is 0 Å². The predicted octanol–water partition coefficient (Wildman–Crippen LogP) is 3.45. The molecule has 3 heterocycles. The van der Waals surface area contributed by atoms with Crippen molar-refractivity contribution in [1.29, 1.82) is 0 Å². The van der Waals surface area contributed by atoms with Crippen LogP contribution in [0.4, 0.5) is 5.95 Å². The number of carbonyl (C=O) groups excluding carboxylic acids is 1. The molecule has 0 radical (unpaired) electrons. The SMILES string of the molecule is COc1ccc(CC(=O)n2nc(-c3cccnc3)nc2NCc2ccco2)cc1OC. The first-order valence-electron chi connectivity index (χ1n) is 9.55. The Morgan fingerprint density at radius 3 is 2.71 bits per heavy atom. The molecule has 0 aliphatic rings. The van der Waals surface area contributed by atoms with Crippen LogP contribution in [-0.4, -0.2) is 39.9 Å². The van der Waals surface area contributed by atoms with E-state index in [0.717, 1.165) is 5.56 Å². The van der Waals surface area contributed by atoms with E-state index in [-0.39, 0.29) is 12.3 Å². The van der Waals surface area contributed by atoms with Crippen LogP contribution < -0.4 is 14.8 Å². The van der Waals surface area contributed by atoms with Crippen LogP contribution in [0.5, 0.6) is 11.5 Å². The number of nitrogens with one attached hydrogen (secondary N) is 1. The number of hydrogen-bond acceptors (Lipinski definition) is 8. The second kappa shape index (κ2) is 9.12. The number of carbonyl (C=O) groups is 1. The zero-order chi connectivity index (χ0) is 21.6. The van der Waals surface area contributed by atoms with Gasteiger partial charge in [-0.25, -0.2) is 0 Å². The minimum absolute atomic E-state index is 0.103. The Bertz CT molecular complexity index is 1160. The third-order valence-corrected chi connectivity index (χ3v) is 4.57. The maximum Gasteiger partial charge on any atom is 0.254 e. The van der Waals surface area contributed by atoms with Crippen LogP contribution in [-0.2, 0) is 13.0 Å². The van der Waals surface area contributed by atoms with Gasteiger partial charge in [0, 0.05) is 18.0 Å². The monoisotopic (exact) mass is 419 g/mol. The quantitative estimate of drug-likeness (QED) is 0.463. The maximum absolute atomic E-state index is 13.1. The van der Waals surface area contributed by atoms with E-state index in [1.54, 1.807) is 57.1 Å². The average molecular weight is 419 g/mol. The lowest BCUT2D eigenvalue weighted by Crippen LogP contribution is -2.18. The molecule has 0 unspecified atom stereocenters. The largest absolute Gasteiger partial charge is 0.493 e. The van der Waals surface area contributed by atoms with Crippen molar-refractivity contribution in [3.05, 3.63) is 72.4 Å². The van der Waals surface area contributed by atoms with Gasteiger partial charge in [-0.2, -0.15) is 9.67 Å². The first-order valence-corrected chi connectivity index (χ1v) is 9.55. The van der Waals surface area contributed by atoms with Crippen molar-refractivity contribution in [2.24, 2.45) is 0 Å². The molecule has 0 saturated heterocycles. The van der Waals surface area contributed by atoms with Crippen LogP contribution in [0, 0.1) is 0 Å². The minimum atomic E-state index is -0.253. The van der Waals surface area contributed by atoms with E-state index < -0.39 is 0 Å². The zero-order valence-electron chi connectivity index (χ0n) is 17.1. The molecule has 4 aromatic rings. The van der Waals surface area contributed by atoms with Crippen molar-refractivity contribution in [2.45, 2.75) is 13.0 Å². The Hall–Kier alpha value is -4.14. The number of hydrogen-bond donors (Lipinski definition) is 1. The second-order valence-electron chi connectivity index (χ2n) is 6.61. The molecular formula is C22H21N5O4. The molecule has 0 aliphatic carbocycles. The standard InChI is InChI=1S/C22H21N5O4/c1-29-18-8-7-15(11-19(18)30-2)12-20(28)27-22(24-14-17-6-4-10-31-17)25-21(26-27)16-5-3-9-23-13-16/h3-11,13H,12,14H2,1-2H3,(H,24,25,26). The maximum atomic E-state index is 13.1. The molecule has 0 amide bonds. The summed E-state index contributed by atoms with van der Waals surface area (Å²) in [5, 5.41) is 7.54. The van der Waals surface area contributed by atoms with Gasteiger partial charge < -0.3 is 19.2 Å². The molecule has 158 valence electrons. The molecule has 0 saturated carbocycles. The summed E-state index contributed by atoms with van der Waals surface area (Å²) < 4.78 is 17.2. The number of anilines is 1. The number of ether oxygens (including phenoxy) is 2. The molecule has 4 rings (SSSR count). The van der Waals surface area contributed by atoms with Crippen molar-refractivity contribution in [3.63, 3.8) is 0 Å². The summed E-state index contributed by atoms with van der Waals surface area (Å²) in [6.07, 6.45) is 5.00. The first kappa shape index (κ1) is 20.1. The third-order valence-electron chi connectivity index (χ3n) is 4.57. The second-order valence-corrected chi connectivity index (χ2v) is 6.61. The van der Waals surface area contributed by atoms with Gasteiger partial charge in [0.2, 0.25) is 5.95 Å². The molecule has 1 aromatic carbocycles. The zero-order valence-corrected chi connectivity index (χ0v) is 17.1. The highest BCUT2D eigenvalue weighted by Gasteiger charge is 2.19. The van der Waals surface area contributed by atoms with E-state index in [2.05, 4.69) is 20.4 Å². The van der Waals surface area contributed by atoms with Crippen molar-refractivity contribution < 1.29 is 18.7 Å². The number of rotatable bonds is 8. The number of benzene rings is 1. The fourth-order valence-corrected chi connectivity index (χ4v) is 3.04. The predicted molar refractivity (Wildman–Crippen MR) is 113 cm³/mol. The number of furan rings is 1. The van der Waals surface area contributed by atoms with Crippen LogP contribution in [0.2, 0.25) is 0 Å². The molecule has 3 aromatic heterocycles. The van der Waals surface area contributed by atoms with E-state index in [4.69, 9.17) is 13.9 Å². The third kappa shape index (κ3) is 4.55. The lowest BCUT2D eigenvalue weighted by atomic mass is 10.1. The van der Waals surface area contributed by atoms with Crippen molar-refractivity contribution in [1.82, 2.24) is 19.7 Å². The topological polar surface area (TPSA) is 104 Å². The highest BCUT2D eigenvalue weighted by Crippen LogP contribution is 2.28. The summed E-state index contributed by atoms with van der Waals surface area (Å²) in [5.74, 6) is 2.33. The highest BCUT2D eigenvalue weighted by atomic mass is 16.5. The van der Waals surface area contributed by atoms with Gasteiger partial charge in [0.15, 0.2) is 17.3 Å². The van der Waals surface area contributed by atoms with Gasteiger partial charge in [0.05, 0.1) is 33.4 Å². The van der Waals surface area contributed by atoms with Crippen LogP contribution in [0.1, 0.15) is 16.1 Å². The van der Waals surface area contributed by atoms with Crippen molar-refractivity contribution in [3.8, 4) is 22.9 Å². The van der Waals surface area contributed by atoms with E-state index in [1.165, 1.54) is 4.68 Å². The Kier molecular flexibility index (Phi) is 5.93. The molecule has 0 atom stereocenters. The van der Waals surface area contributed by atoms with Crippen LogP contribution >= 0.6 is 0 Å².